The molecular weight excluding hydrogens is 234 g/mol. The molecule has 1 aromatic carbocycles. The van der Waals surface area contributed by atoms with Gasteiger partial charge in [0.15, 0.2) is 0 Å². The average molecular weight is 255 g/mol. The van der Waals surface area contributed by atoms with Crippen molar-refractivity contribution in [1.82, 2.24) is 5.32 Å². The summed E-state index contributed by atoms with van der Waals surface area (Å²) in [5.41, 5.74) is 1.26. The topological polar surface area (TPSA) is 25.2 Å². The third kappa shape index (κ3) is 3.07. The van der Waals surface area contributed by atoms with Gasteiger partial charge in [-0.1, -0.05) is 37.3 Å². The molecule has 0 spiro atoms. The van der Waals surface area contributed by atoms with Gasteiger partial charge in [0.1, 0.15) is 5.76 Å². The van der Waals surface area contributed by atoms with Crippen LogP contribution in [0.5, 0.6) is 0 Å². The highest BCUT2D eigenvalue weighted by Gasteiger charge is 2.28. The van der Waals surface area contributed by atoms with Crippen LogP contribution in [0, 0.1) is 11.8 Å². The van der Waals surface area contributed by atoms with Crippen molar-refractivity contribution in [2.24, 2.45) is 11.8 Å². The molecule has 1 fully saturated rings. The van der Waals surface area contributed by atoms with E-state index in [9.17, 15) is 0 Å². The second-order valence-electron chi connectivity index (χ2n) is 5.58. The minimum atomic E-state index is 0.164. The summed E-state index contributed by atoms with van der Waals surface area (Å²) in [6.45, 7) is 3.39. The van der Waals surface area contributed by atoms with Crippen molar-refractivity contribution in [2.45, 2.75) is 25.8 Å². The lowest BCUT2D eigenvalue weighted by atomic mass is 10.0. The lowest BCUT2D eigenvalue weighted by Crippen LogP contribution is -2.27. The largest absolute Gasteiger partial charge is 0.467 e. The molecule has 1 aliphatic carbocycles. The van der Waals surface area contributed by atoms with Crippen LogP contribution in [0.25, 0.3) is 0 Å². The normalized spacial score (nSPS) is 18.2. The van der Waals surface area contributed by atoms with Gasteiger partial charge < -0.3 is 9.73 Å². The molecule has 2 unspecified atom stereocenters. The van der Waals surface area contributed by atoms with Crippen molar-refractivity contribution in [3.63, 3.8) is 0 Å². The first-order valence-corrected chi connectivity index (χ1v) is 7.16. The standard InChI is InChI=1S/C17H21NO/c1-13(14-9-10-14)12-18-17(16-8-5-11-19-16)15-6-3-2-4-7-15/h2-8,11,13-14,17-18H,9-10,12H2,1H3. The Labute approximate surface area is 114 Å². The molecule has 2 heteroatoms. The minimum Gasteiger partial charge on any atom is -0.467 e. The zero-order valence-electron chi connectivity index (χ0n) is 11.4. The maximum absolute atomic E-state index is 5.60. The van der Waals surface area contributed by atoms with Gasteiger partial charge in [0.2, 0.25) is 0 Å². The maximum Gasteiger partial charge on any atom is 0.125 e. The van der Waals surface area contributed by atoms with Gasteiger partial charge in [0.05, 0.1) is 12.3 Å². The third-order valence-electron chi connectivity index (χ3n) is 4.03. The molecule has 2 aromatic rings. The van der Waals surface area contributed by atoms with Gasteiger partial charge in [-0.05, 0) is 48.9 Å². The van der Waals surface area contributed by atoms with E-state index < -0.39 is 0 Å². The van der Waals surface area contributed by atoms with Crippen LogP contribution >= 0.6 is 0 Å². The number of hydrogen-bond acceptors (Lipinski definition) is 2. The summed E-state index contributed by atoms with van der Waals surface area (Å²) in [5, 5.41) is 3.67. The maximum atomic E-state index is 5.60. The van der Waals surface area contributed by atoms with Crippen LogP contribution in [0.2, 0.25) is 0 Å². The predicted octanol–water partition coefficient (Wildman–Crippen LogP) is 4.00. The van der Waals surface area contributed by atoms with Gasteiger partial charge in [-0.15, -0.1) is 0 Å². The molecule has 0 radical (unpaired) electrons. The Morgan fingerprint density at radius 1 is 1.16 bits per heavy atom. The minimum absolute atomic E-state index is 0.164. The molecule has 2 nitrogen and oxygen atoms in total. The summed E-state index contributed by atoms with van der Waals surface area (Å²) in [7, 11) is 0. The monoisotopic (exact) mass is 255 g/mol. The van der Waals surface area contributed by atoms with Crippen molar-refractivity contribution < 1.29 is 4.42 Å². The zero-order chi connectivity index (χ0) is 13.1. The van der Waals surface area contributed by atoms with Crippen LogP contribution in [0.4, 0.5) is 0 Å². The summed E-state index contributed by atoms with van der Waals surface area (Å²) in [5.74, 6) is 2.68. The molecule has 1 N–H and O–H groups in total. The van der Waals surface area contributed by atoms with Gasteiger partial charge in [-0.3, -0.25) is 0 Å². The fraction of sp³-hybridized carbons (Fsp3) is 0.412. The van der Waals surface area contributed by atoms with E-state index in [-0.39, 0.29) is 6.04 Å². The van der Waals surface area contributed by atoms with Crippen LogP contribution in [0.1, 0.15) is 37.1 Å². The number of benzene rings is 1. The quantitative estimate of drug-likeness (QED) is 0.844. The molecule has 100 valence electrons. The Hall–Kier alpha value is -1.54. The van der Waals surface area contributed by atoms with Gasteiger partial charge in [0.25, 0.3) is 0 Å². The van der Waals surface area contributed by atoms with Crippen molar-refractivity contribution >= 4 is 0 Å². The van der Waals surface area contributed by atoms with Crippen LogP contribution in [0.15, 0.2) is 53.1 Å². The highest BCUT2D eigenvalue weighted by molar-refractivity contribution is 5.26. The zero-order valence-corrected chi connectivity index (χ0v) is 11.4. The molecule has 19 heavy (non-hydrogen) atoms. The van der Waals surface area contributed by atoms with Crippen molar-refractivity contribution in [3.05, 3.63) is 60.1 Å². The lowest BCUT2D eigenvalue weighted by molar-refractivity contribution is 0.399. The van der Waals surface area contributed by atoms with Gasteiger partial charge in [0, 0.05) is 0 Å². The average Bonchev–Trinajstić information content (AvgIpc) is 3.17. The summed E-state index contributed by atoms with van der Waals surface area (Å²) in [6, 6.07) is 14.7. The highest BCUT2D eigenvalue weighted by atomic mass is 16.3. The molecule has 3 rings (SSSR count). The second-order valence-corrected chi connectivity index (χ2v) is 5.58. The van der Waals surface area contributed by atoms with Crippen LogP contribution in [-0.2, 0) is 0 Å². The van der Waals surface area contributed by atoms with E-state index in [1.165, 1.54) is 18.4 Å². The predicted molar refractivity (Wildman–Crippen MR) is 76.9 cm³/mol. The smallest absolute Gasteiger partial charge is 0.125 e. The summed E-state index contributed by atoms with van der Waals surface area (Å²) < 4.78 is 5.60. The molecule has 0 saturated heterocycles. The molecular formula is C17H21NO. The molecule has 1 aromatic heterocycles. The van der Waals surface area contributed by atoms with E-state index in [4.69, 9.17) is 4.42 Å². The Kier molecular flexibility index (Phi) is 3.69. The number of hydrogen-bond donors (Lipinski definition) is 1. The Morgan fingerprint density at radius 3 is 2.58 bits per heavy atom. The van der Waals surface area contributed by atoms with E-state index in [2.05, 4.69) is 42.6 Å². The third-order valence-corrected chi connectivity index (χ3v) is 4.03. The molecule has 1 saturated carbocycles. The van der Waals surface area contributed by atoms with Gasteiger partial charge in [-0.25, -0.2) is 0 Å². The number of nitrogens with one attached hydrogen (secondary N) is 1. The molecule has 2 atom stereocenters. The van der Waals surface area contributed by atoms with Crippen molar-refractivity contribution in [2.75, 3.05) is 6.54 Å². The summed E-state index contributed by atoms with van der Waals surface area (Å²) in [4.78, 5) is 0. The fourth-order valence-corrected chi connectivity index (χ4v) is 2.62. The first-order chi connectivity index (χ1) is 9.34. The van der Waals surface area contributed by atoms with Crippen LogP contribution < -0.4 is 5.32 Å². The van der Waals surface area contributed by atoms with E-state index in [0.717, 1.165) is 24.1 Å². The van der Waals surface area contributed by atoms with Crippen LogP contribution in [0.3, 0.4) is 0 Å². The van der Waals surface area contributed by atoms with E-state index in [1.54, 1.807) is 6.26 Å². The number of furan rings is 1. The first-order valence-electron chi connectivity index (χ1n) is 7.16. The Balaban J connectivity index is 1.73. The molecule has 0 amide bonds. The molecule has 0 bridgehead atoms. The fourth-order valence-electron chi connectivity index (χ4n) is 2.62. The molecule has 0 aliphatic heterocycles. The van der Waals surface area contributed by atoms with Gasteiger partial charge in [-0.2, -0.15) is 0 Å². The van der Waals surface area contributed by atoms with Crippen molar-refractivity contribution in [3.8, 4) is 0 Å². The van der Waals surface area contributed by atoms with E-state index >= 15 is 0 Å². The van der Waals surface area contributed by atoms with Crippen LogP contribution in [-0.4, -0.2) is 6.54 Å². The Bertz CT molecular complexity index is 487. The Morgan fingerprint density at radius 2 is 1.95 bits per heavy atom. The summed E-state index contributed by atoms with van der Waals surface area (Å²) in [6.07, 6.45) is 4.55. The molecule has 1 aliphatic rings. The molecule has 1 heterocycles. The highest BCUT2D eigenvalue weighted by Crippen LogP contribution is 2.36. The lowest BCUT2D eigenvalue weighted by Gasteiger charge is -2.20. The SMILES string of the molecule is CC(CNC(c1ccccc1)c1ccco1)C1CC1. The summed E-state index contributed by atoms with van der Waals surface area (Å²) >= 11 is 0. The number of rotatable bonds is 6. The second kappa shape index (κ2) is 5.62. The van der Waals surface area contributed by atoms with Gasteiger partial charge >= 0.3 is 0 Å². The first kappa shape index (κ1) is 12.5. The van der Waals surface area contributed by atoms with E-state index in [0.29, 0.717) is 0 Å². The van der Waals surface area contributed by atoms with Crippen molar-refractivity contribution in [1.29, 1.82) is 0 Å². The van der Waals surface area contributed by atoms with E-state index in [1.807, 2.05) is 12.1 Å².